The number of fused-ring (bicyclic) bond motifs is 2. The van der Waals surface area contributed by atoms with E-state index in [1.807, 2.05) is 45.0 Å². The fraction of sp³-hybridized carbons (Fsp3) is 0.500. The maximum atomic E-state index is 12.5. The SMILES string of the molecule is Cc1ccc(-n2nc(C)c(NC(=O)COC(=O)C3C[C@H]4CCC[C@@H](C3)C4=O)c2C)cc1. The molecule has 0 spiro atoms. The molecule has 2 aromatic rings. The Morgan fingerprint density at radius 3 is 2.39 bits per heavy atom. The maximum absolute atomic E-state index is 12.5. The summed E-state index contributed by atoms with van der Waals surface area (Å²) in [5.41, 5.74) is 4.19. The van der Waals surface area contributed by atoms with Gasteiger partial charge in [0, 0.05) is 11.8 Å². The number of carbonyl (C=O) groups is 3. The van der Waals surface area contributed by atoms with Crippen LogP contribution in [0.5, 0.6) is 0 Å². The average Bonchev–Trinajstić information content (AvgIpc) is 3.00. The zero-order chi connectivity index (χ0) is 22.1. The second-order valence-electron chi connectivity index (χ2n) is 8.84. The predicted octanol–water partition coefficient (Wildman–Crippen LogP) is 3.67. The average molecular weight is 424 g/mol. The molecule has 31 heavy (non-hydrogen) atoms. The summed E-state index contributed by atoms with van der Waals surface area (Å²) >= 11 is 0. The highest BCUT2D eigenvalue weighted by atomic mass is 16.5. The van der Waals surface area contributed by atoms with Crippen molar-refractivity contribution in [2.45, 2.75) is 52.9 Å². The largest absolute Gasteiger partial charge is 0.455 e. The molecule has 1 N–H and O–H groups in total. The minimum Gasteiger partial charge on any atom is -0.455 e. The minimum atomic E-state index is -0.393. The van der Waals surface area contributed by atoms with Crippen molar-refractivity contribution in [2.75, 3.05) is 11.9 Å². The van der Waals surface area contributed by atoms with Crippen LogP contribution < -0.4 is 5.32 Å². The molecule has 1 unspecified atom stereocenters. The van der Waals surface area contributed by atoms with Crippen LogP contribution in [0, 0.1) is 38.5 Å². The third-order valence-electron chi connectivity index (χ3n) is 6.56. The first-order chi connectivity index (χ1) is 14.8. The normalized spacial score (nSPS) is 22.8. The number of rotatable bonds is 5. The summed E-state index contributed by atoms with van der Waals surface area (Å²) < 4.78 is 7.10. The van der Waals surface area contributed by atoms with E-state index in [4.69, 9.17) is 4.74 Å². The van der Waals surface area contributed by atoms with Gasteiger partial charge in [-0.1, -0.05) is 24.1 Å². The molecule has 2 bridgehead atoms. The number of Topliss-reactive ketones (excluding diaryl/α,β-unsaturated/α-hetero) is 1. The number of esters is 1. The quantitative estimate of drug-likeness (QED) is 0.741. The molecule has 0 radical (unpaired) electrons. The van der Waals surface area contributed by atoms with E-state index in [1.54, 1.807) is 4.68 Å². The first kappa shape index (κ1) is 21.3. The number of ketones is 1. The molecule has 2 aliphatic carbocycles. The summed E-state index contributed by atoms with van der Waals surface area (Å²) in [7, 11) is 0. The fourth-order valence-corrected chi connectivity index (χ4v) is 4.86. The number of benzene rings is 1. The van der Waals surface area contributed by atoms with Crippen molar-refractivity contribution < 1.29 is 19.1 Å². The molecule has 164 valence electrons. The number of hydrogen-bond acceptors (Lipinski definition) is 5. The van der Waals surface area contributed by atoms with Crippen molar-refractivity contribution in [1.29, 1.82) is 0 Å². The highest BCUT2D eigenvalue weighted by Crippen LogP contribution is 2.40. The Balaban J connectivity index is 1.35. The number of aryl methyl sites for hydroxylation is 2. The van der Waals surface area contributed by atoms with Gasteiger partial charge in [-0.05, 0) is 58.6 Å². The van der Waals surface area contributed by atoms with E-state index in [0.717, 1.165) is 36.2 Å². The third-order valence-corrected chi connectivity index (χ3v) is 6.56. The van der Waals surface area contributed by atoms with Gasteiger partial charge in [-0.3, -0.25) is 14.4 Å². The van der Waals surface area contributed by atoms with Crippen LogP contribution in [0.4, 0.5) is 5.69 Å². The molecule has 1 aromatic carbocycles. The summed E-state index contributed by atoms with van der Waals surface area (Å²) in [4.78, 5) is 37.2. The molecule has 4 rings (SSSR count). The number of ether oxygens (including phenoxy) is 1. The number of hydrogen-bond donors (Lipinski definition) is 1. The first-order valence-electron chi connectivity index (χ1n) is 11.0. The van der Waals surface area contributed by atoms with Crippen molar-refractivity contribution in [3.8, 4) is 5.69 Å². The topological polar surface area (TPSA) is 90.3 Å². The van der Waals surface area contributed by atoms with Crippen molar-refractivity contribution in [2.24, 2.45) is 17.8 Å². The smallest absolute Gasteiger partial charge is 0.309 e. The zero-order valence-electron chi connectivity index (χ0n) is 18.3. The van der Waals surface area contributed by atoms with Crippen molar-refractivity contribution in [3.05, 3.63) is 41.2 Å². The van der Waals surface area contributed by atoms with Crippen LogP contribution in [0.1, 0.15) is 49.1 Å². The third kappa shape index (κ3) is 4.40. The molecule has 0 saturated heterocycles. The molecule has 2 aliphatic rings. The zero-order valence-corrected chi connectivity index (χ0v) is 18.3. The lowest BCUT2D eigenvalue weighted by Gasteiger charge is -2.36. The van der Waals surface area contributed by atoms with E-state index >= 15 is 0 Å². The van der Waals surface area contributed by atoms with E-state index in [9.17, 15) is 14.4 Å². The van der Waals surface area contributed by atoms with Gasteiger partial charge < -0.3 is 10.1 Å². The Kier molecular flexibility index (Phi) is 5.94. The monoisotopic (exact) mass is 423 g/mol. The minimum absolute atomic E-state index is 0.0169. The van der Waals surface area contributed by atoms with Crippen LogP contribution in [0.15, 0.2) is 24.3 Å². The number of carbonyl (C=O) groups excluding carboxylic acids is 3. The molecule has 2 fully saturated rings. The van der Waals surface area contributed by atoms with Crippen LogP contribution in [-0.4, -0.2) is 34.0 Å². The molecule has 1 heterocycles. The van der Waals surface area contributed by atoms with Crippen LogP contribution in [-0.2, 0) is 19.1 Å². The van der Waals surface area contributed by atoms with Crippen molar-refractivity contribution >= 4 is 23.3 Å². The molecule has 2 saturated carbocycles. The van der Waals surface area contributed by atoms with E-state index in [0.29, 0.717) is 30.0 Å². The number of nitrogens with zero attached hydrogens (tertiary/aromatic N) is 2. The van der Waals surface area contributed by atoms with Gasteiger partial charge in [0.25, 0.3) is 5.91 Å². The van der Waals surface area contributed by atoms with Crippen LogP contribution >= 0.6 is 0 Å². The summed E-state index contributed by atoms with van der Waals surface area (Å²) in [6.07, 6.45) is 3.89. The van der Waals surface area contributed by atoms with Gasteiger partial charge in [0.1, 0.15) is 5.78 Å². The van der Waals surface area contributed by atoms with Gasteiger partial charge >= 0.3 is 5.97 Å². The number of anilines is 1. The molecule has 0 aliphatic heterocycles. The van der Waals surface area contributed by atoms with Gasteiger partial charge in [0.05, 0.1) is 28.7 Å². The molecular formula is C24H29N3O4. The summed E-state index contributed by atoms with van der Waals surface area (Å²) in [6.45, 7) is 5.40. The van der Waals surface area contributed by atoms with Crippen LogP contribution in [0.2, 0.25) is 0 Å². The highest BCUT2D eigenvalue weighted by Gasteiger charge is 2.41. The molecule has 1 amide bonds. The standard InChI is InChI=1S/C24H29N3O4/c1-14-7-9-20(10-8-14)27-16(3)22(15(2)26-27)25-21(28)13-31-24(30)19-11-17-5-4-6-18(12-19)23(17)29/h7-10,17-19H,4-6,11-13H2,1-3H3,(H,25,28)/t17-,18+,19?. The lowest BCUT2D eigenvalue weighted by Crippen LogP contribution is -2.40. The number of aromatic nitrogens is 2. The Morgan fingerprint density at radius 1 is 1.10 bits per heavy atom. The second-order valence-corrected chi connectivity index (χ2v) is 8.84. The Hall–Kier alpha value is -2.96. The first-order valence-corrected chi connectivity index (χ1v) is 11.0. The van der Waals surface area contributed by atoms with Gasteiger partial charge in [0.15, 0.2) is 6.61 Å². The van der Waals surface area contributed by atoms with Crippen LogP contribution in [0.25, 0.3) is 5.69 Å². The summed E-state index contributed by atoms with van der Waals surface area (Å²) in [6, 6.07) is 7.98. The van der Waals surface area contributed by atoms with Gasteiger partial charge in [-0.25, -0.2) is 4.68 Å². The van der Waals surface area contributed by atoms with E-state index in [2.05, 4.69) is 10.4 Å². The maximum Gasteiger partial charge on any atom is 0.309 e. The van der Waals surface area contributed by atoms with Crippen molar-refractivity contribution in [3.63, 3.8) is 0 Å². The number of nitrogens with one attached hydrogen (secondary N) is 1. The second kappa shape index (κ2) is 8.65. The van der Waals surface area contributed by atoms with E-state index < -0.39 is 5.91 Å². The highest BCUT2D eigenvalue weighted by molar-refractivity contribution is 5.94. The number of amides is 1. The Morgan fingerprint density at radius 2 is 1.74 bits per heavy atom. The Labute approximate surface area is 182 Å². The predicted molar refractivity (Wildman–Crippen MR) is 116 cm³/mol. The van der Waals surface area contributed by atoms with Gasteiger partial charge in [-0.15, -0.1) is 0 Å². The van der Waals surface area contributed by atoms with E-state index in [1.165, 1.54) is 0 Å². The van der Waals surface area contributed by atoms with Crippen molar-refractivity contribution in [1.82, 2.24) is 9.78 Å². The molecule has 1 aromatic heterocycles. The van der Waals surface area contributed by atoms with E-state index in [-0.39, 0.29) is 30.3 Å². The fourth-order valence-electron chi connectivity index (χ4n) is 4.86. The lowest BCUT2D eigenvalue weighted by atomic mass is 9.67. The summed E-state index contributed by atoms with van der Waals surface area (Å²) in [5.74, 6) is -0.773. The molecule has 7 heteroatoms. The van der Waals surface area contributed by atoms with Gasteiger partial charge in [-0.2, -0.15) is 5.10 Å². The lowest BCUT2D eigenvalue weighted by molar-refractivity contribution is -0.155. The van der Waals surface area contributed by atoms with Crippen LogP contribution in [0.3, 0.4) is 0 Å². The Bertz CT molecular complexity index is 993. The summed E-state index contributed by atoms with van der Waals surface area (Å²) in [5, 5.41) is 7.37. The molecule has 7 nitrogen and oxygen atoms in total. The molecule has 3 atom stereocenters. The molecular weight excluding hydrogens is 394 g/mol. The van der Waals surface area contributed by atoms with Gasteiger partial charge in [0.2, 0.25) is 0 Å².